The van der Waals surface area contributed by atoms with E-state index in [0.717, 1.165) is 73.8 Å². The molecule has 0 unspecified atom stereocenters. The summed E-state index contributed by atoms with van der Waals surface area (Å²) in [6, 6.07) is 6.68. The Kier molecular flexibility index (Phi) is 7.91. The number of aromatic nitrogens is 2. The van der Waals surface area contributed by atoms with Crippen LogP contribution in [0, 0.1) is 0 Å². The molecular weight excluding hydrogens is 408 g/mol. The summed E-state index contributed by atoms with van der Waals surface area (Å²) in [5.74, 6) is 0.863. The molecule has 31 heavy (non-hydrogen) atoms. The molecule has 1 aliphatic heterocycles. The zero-order valence-electron chi connectivity index (χ0n) is 19.0. The lowest BCUT2D eigenvalue weighted by Gasteiger charge is -2.17. The predicted molar refractivity (Wildman–Crippen MR) is 127 cm³/mol. The normalized spacial score (nSPS) is 17.4. The second kappa shape index (κ2) is 10.4. The molecule has 0 saturated carbocycles. The number of nitrogens with two attached hydrogens (primary N) is 1. The van der Waals surface area contributed by atoms with Crippen LogP contribution >= 0.6 is 0 Å². The number of amides is 1. The van der Waals surface area contributed by atoms with Crippen molar-refractivity contribution in [2.45, 2.75) is 77.0 Å². The van der Waals surface area contributed by atoms with Gasteiger partial charge in [-0.25, -0.2) is 9.78 Å². The Labute approximate surface area is 186 Å². The third-order valence-electron chi connectivity index (χ3n) is 5.71. The van der Waals surface area contributed by atoms with Gasteiger partial charge < -0.3 is 20.1 Å². The van der Waals surface area contributed by atoms with Gasteiger partial charge in [0.25, 0.3) is 0 Å². The van der Waals surface area contributed by atoms with Gasteiger partial charge in [0.2, 0.25) is 0 Å². The van der Waals surface area contributed by atoms with Crippen LogP contribution in [0.15, 0.2) is 24.4 Å². The van der Waals surface area contributed by atoms with Crippen molar-refractivity contribution >= 4 is 19.9 Å². The van der Waals surface area contributed by atoms with Gasteiger partial charge in [-0.1, -0.05) is 45.0 Å². The number of carboxylic acid groups (broad SMARTS) is 1. The molecule has 2 heterocycles. The van der Waals surface area contributed by atoms with Crippen molar-refractivity contribution < 1.29 is 14.6 Å². The lowest BCUT2D eigenvalue weighted by Crippen LogP contribution is -2.22. The number of anilines is 1. The van der Waals surface area contributed by atoms with Gasteiger partial charge in [0.05, 0.1) is 11.7 Å². The minimum Gasteiger partial charge on any atom is -0.465 e. The fourth-order valence-electron chi connectivity index (χ4n) is 3.91. The van der Waals surface area contributed by atoms with Gasteiger partial charge in [0.1, 0.15) is 12.6 Å². The molecule has 3 rings (SSSR count). The lowest BCUT2D eigenvalue weighted by atomic mass is 9.97. The van der Waals surface area contributed by atoms with E-state index < -0.39 is 14.2 Å². The summed E-state index contributed by atoms with van der Waals surface area (Å²) >= 11 is 0. The second-order valence-corrected chi connectivity index (χ2v) is 15.3. The maximum Gasteiger partial charge on any atom is 0.409 e. The number of imidazole rings is 1. The Morgan fingerprint density at radius 3 is 2.81 bits per heavy atom. The highest BCUT2D eigenvalue weighted by Crippen LogP contribution is 2.30. The maximum absolute atomic E-state index is 11.1. The van der Waals surface area contributed by atoms with Gasteiger partial charge in [0.15, 0.2) is 0 Å². The first-order chi connectivity index (χ1) is 14.7. The maximum atomic E-state index is 11.1. The molecular formula is C23H36N4O3Si. The van der Waals surface area contributed by atoms with Gasteiger partial charge in [-0.3, -0.25) is 5.32 Å². The molecule has 0 aliphatic carbocycles. The van der Waals surface area contributed by atoms with Crippen molar-refractivity contribution in [1.82, 2.24) is 9.55 Å². The van der Waals surface area contributed by atoms with Crippen LogP contribution in [-0.2, 0) is 17.9 Å². The SMILES string of the molecule is C[Si](C)(C)CCOCn1cc2nc1[C@@H](N)CCCCCCc1cc(NC(=O)O)ccc1-2. The van der Waals surface area contributed by atoms with E-state index in [4.69, 9.17) is 20.6 Å². The first kappa shape index (κ1) is 23.5. The molecule has 1 amide bonds. The van der Waals surface area contributed by atoms with Gasteiger partial charge in [-0.05, 0) is 43.0 Å². The summed E-state index contributed by atoms with van der Waals surface area (Å²) in [6.45, 7) is 8.24. The third-order valence-corrected chi connectivity index (χ3v) is 7.41. The molecule has 0 fully saturated rings. The summed E-state index contributed by atoms with van der Waals surface area (Å²) in [4.78, 5) is 16.0. The lowest BCUT2D eigenvalue weighted by molar-refractivity contribution is 0.0842. The van der Waals surface area contributed by atoms with Crippen LogP contribution in [0.4, 0.5) is 10.5 Å². The average Bonchev–Trinajstić information content (AvgIpc) is 3.10. The Bertz CT molecular complexity index is 891. The highest BCUT2D eigenvalue weighted by molar-refractivity contribution is 6.76. The number of nitrogens with zero attached hydrogens (tertiary/aromatic N) is 2. The molecule has 1 aliphatic rings. The molecule has 170 valence electrons. The Balaban J connectivity index is 1.90. The van der Waals surface area contributed by atoms with Gasteiger partial charge in [-0.2, -0.15) is 0 Å². The molecule has 1 aromatic heterocycles. The van der Waals surface area contributed by atoms with E-state index in [1.54, 1.807) is 6.07 Å². The van der Waals surface area contributed by atoms with Crippen molar-refractivity contribution in [2.24, 2.45) is 5.73 Å². The van der Waals surface area contributed by atoms with E-state index >= 15 is 0 Å². The second-order valence-electron chi connectivity index (χ2n) is 9.66. The highest BCUT2D eigenvalue weighted by atomic mass is 28.3. The molecule has 0 spiro atoms. The standard InChI is InChI=1S/C23H36N4O3Si/c1-31(2,3)13-12-30-16-27-15-21-19-11-10-18(25-23(28)29)14-17(19)8-6-4-5-7-9-20(24)22(27)26-21/h10-11,14-15,20,25H,4-9,12-13,16,24H2,1-3H3,(H,28,29)/t20-/m0/s1. The van der Waals surface area contributed by atoms with Crippen LogP contribution in [0.5, 0.6) is 0 Å². The highest BCUT2D eigenvalue weighted by Gasteiger charge is 2.19. The summed E-state index contributed by atoms with van der Waals surface area (Å²) in [5, 5.41) is 11.5. The topological polar surface area (TPSA) is 102 Å². The van der Waals surface area contributed by atoms with E-state index in [-0.39, 0.29) is 6.04 Å². The van der Waals surface area contributed by atoms with Crippen LogP contribution in [0.1, 0.15) is 49.5 Å². The molecule has 1 aromatic carbocycles. The molecule has 0 saturated heterocycles. The van der Waals surface area contributed by atoms with Crippen LogP contribution in [0.25, 0.3) is 11.3 Å². The van der Waals surface area contributed by atoms with Crippen molar-refractivity contribution in [3.8, 4) is 11.3 Å². The van der Waals surface area contributed by atoms with Gasteiger partial charge >= 0.3 is 6.09 Å². The summed E-state index contributed by atoms with van der Waals surface area (Å²) in [5.41, 5.74) is 10.1. The smallest absolute Gasteiger partial charge is 0.409 e. The summed E-state index contributed by atoms with van der Waals surface area (Å²) in [7, 11) is -1.14. The number of aryl methyl sites for hydroxylation is 1. The van der Waals surface area contributed by atoms with Crippen molar-refractivity contribution in [1.29, 1.82) is 0 Å². The monoisotopic (exact) mass is 444 g/mol. The Hall–Kier alpha value is -2.16. The summed E-state index contributed by atoms with van der Waals surface area (Å²) < 4.78 is 8.05. The van der Waals surface area contributed by atoms with E-state index in [2.05, 4.69) is 29.5 Å². The fourth-order valence-corrected chi connectivity index (χ4v) is 4.67. The number of benzene rings is 1. The number of ether oxygens (including phenoxy) is 1. The van der Waals surface area contributed by atoms with Crippen molar-refractivity contribution in [3.05, 3.63) is 35.8 Å². The number of hydrogen-bond acceptors (Lipinski definition) is 4. The van der Waals surface area contributed by atoms with Crippen LogP contribution in [-0.4, -0.2) is 35.4 Å². The van der Waals surface area contributed by atoms with E-state index in [0.29, 0.717) is 12.4 Å². The number of fused-ring (bicyclic) bond motifs is 4. The van der Waals surface area contributed by atoms with Gasteiger partial charge in [0, 0.05) is 32.1 Å². The first-order valence-electron chi connectivity index (χ1n) is 11.3. The minimum absolute atomic E-state index is 0.120. The zero-order chi connectivity index (χ0) is 22.4. The van der Waals surface area contributed by atoms with Crippen LogP contribution < -0.4 is 11.1 Å². The molecule has 0 radical (unpaired) electrons. The number of hydrogen-bond donors (Lipinski definition) is 3. The van der Waals surface area contributed by atoms with Crippen LogP contribution in [0.3, 0.4) is 0 Å². The fraction of sp³-hybridized carbons (Fsp3) is 0.565. The summed E-state index contributed by atoms with van der Waals surface area (Å²) in [6.07, 6.45) is 7.20. The average molecular weight is 445 g/mol. The Morgan fingerprint density at radius 2 is 2.06 bits per heavy atom. The molecule has 1 atom stereocenters. The van der Waals surface area contributed by atoms with Crippen molar-refractivity contribution in [3.63, 3.8) is 0 Å². The quantitative estimate of drug-likeness (QED) is 0.406. The predicted octanol–water partition coefficient (Wildman–Crippen LogP) is 5.46. The number of nitrogens with one attached hydrogen (secondary N) is 1. The first-order valence-corrected chi connectivity index (χ1v) is 15.0. The van der Waals surface area contributed by atoms with Crippen LogP contribution in [0.2, 0.25) is 25.7 Å². The molecule has 4 N–H and O–H groups in total. The largest absolute Gasteiger partial charge is 0.465 e. The van der Waals surface area contributed by atoms with E-state index in [1.807, 2.05) is 18.3 Å². The molecule has 8 heteroatoms. The number of rotatable bonds is 6. The van der Waals surface area contributed by atoms with E-state index in [9.17, 15) is 4.79 Å². The molecule has 2 aromatic rings. The van der Waals surface area contributed by atoms with E-state index in [1.165, 1.54) is 0 Å². The van der Waals surface area contributed by atoms with Gasteiger partial charge in [-0.15, -0.1) is 0 Å². The Morgan fingerprint density at radius 1 is 1.29 bits per heavy atom. The molecule has 2 bridgehead atoms. The third kappa shape index (κ3) is 6.92. The zero-order valence-corrected chi connectivity index (χ0v) is 20.0. The van der Waals surface area contributed by atoms with Crippen molar-refractivity contribution in [2.75, 3.05) is 11.9 Å². The number of carbonyl (C=O) groups is 1. The molecule has 7 nitrogen and oxygen atoms in total. The minimum atomic E-state index is -1.14.